The molecule has 1 aromatic carbocycles. The molecule has 1 unspecified atom stereocenters. The fourth-order valence-corrected chi connectivity index (χ4v) is 2.31. The maximum Gasteiger partial charge on any atom is 0.376 e. The molecule has 0 bridgehead atoms. The number of carbonyl (C=O) groups is 1. The summed E-state index contributed by atoms with van der Waals surface area (Å²) in [5.74, 6) is -1.53. The Morgan fingerprint density at radius 2 is 2.00 bits per heavy atom. The second kappa shape index (κ2) is 6.87. The van der Waals surface area contributed by atoms with Gasteiger partial charge in [-0.25, -0.2) is 0 Å². The van der Waals surface area contributed by atoms with Crippen molar-refractivity contribution in [3.63, 3.8) is 0 Å². The lowest BCUT2D eigenvalue weighted by molar-refractivity contribution is -0.387. The van der Waals surface area contributed by atoms with Crippen molar-refractivity contribution in [3.05, 3.63) is 68.1 Å². The molecule has 2 rings (SSSR count). The number of aromatic nitrogens is 1. The van der Waals surface area contributed by atoms with Gasteiger partial charge in [0.1, 0.15) is 0 Å². The number of esters is 1. The molecule has 0 saturated heterocycles. The zero-order chi connectivity index (χ0) is 17.0. The number of carbonyl (C=O) groups excluding carboxylic acids is 1. The normalized spacial score (nSPS) is 11.7. The Morgan fingerprint density at radius 3 is 2.57 bits per heavy atom. The summed E-state index contributed by atoms with van der Waals surface area (Å²) in [5, 5.41) is 11.0. The molecule has 1 atom stereocenters. The van der Waals surface area contributed by atoms with Crippen LogP contribution in [0, 0.1) is 17.0 Å². The van der Waals surface area contributed by atoms with Crippen molar-refractivity contribution in [2.75, 3.05) is 0 Å². The van der Waals surface area contributed by atoms with Crippen molar-refractivity contribution >= 4 is 11.7 Å². The number of nitro groups is 1. The Morgan fingerprint density at radius 1 is 1.35 bits per heavy atom. The number of benzene rings is 1. The van der Waals surface area contributed by atoms with Crippen LogP contribution in [0.2, 0.25) is 0 Å². The van der Waals surface area contributed by atoms with Gasteiger partial charge >= 0.3 is 17.2 Å². The minimum absolute atomic E-state index is 0.337. The predicted octanol–water partition coefficient (Wildman–Crippen LogP) is 2.69. The number of ether oxygens (including phenoxy) is 1. The molecule has 120 valence electrons. The third-order valence-electron chi connectivity index (χ3n) is 3.39. The van der Waals surface area contributed by atoms with Gasteiger partial charge in [-0.05, 0) is 18.9 Å². The second-order valence-corrected chi connectivity index (χ2v) is 5.04. The summed E-state index contributed by atoms with van der Waals surface area (Å²) in [5.41, 5.74) is -0.544. The van der Waals surface area contributed by atoms with Crippen molar-refractivity contribution in [2.45, 2.75) is 26.2 Å². The molecule has 0 amide bonds. The van der Waals surface area contributed by atoms with Gasteiger partial charge < -0.3 is 9.72 Å². The molecule has 0 fully saturated rings. The molecule has 0 saturated carbocycles. The van der Waals surface area contributed by atoms with Crippen LogP contribution in [0.25, 0.3) is 0 Å². The van der Waals surface area contributed by atoms with Crippen molar-refractivity contribution < 1.29 is 14.5 Å². The fourth-order valence-electron chi connectivity index (χ4n) is 2.31. The standard InChI is InChI=1S/C16H16N2O5/c1-3-12(11-7-5-4-6-8-11)16(20)23-13-9-10(2)17-15(19)14(13)18(21)22/h4-9,12H,3H2,1-2H3,(H,17,19). The largest absolute Gasteiger partial charge is 0.418 e. The van der Waals surface area contributed by atoms with Crippen LogP contribution in [-0.2, 0) is 4.79 Å². The van der Waals surface area contributed by atoms with E-state index in [0.717, 1.165) is 5.56 Å². The van der Waals surface area contributed by atoms with Crippen molar-refractivity contribution in [3.8, 4) is 5.75 Å². The van der Waals surface area contributed by atoms with E-state index in [9.17, 15) is 19.7 Å². The summed E-state index contributed by atoms with van der Waals surface area (Å²) < 4.78 is 5.18. The van der Waals surface area contributed by atoms with E-state index in [1.807, 2.05) is 13.0 Å². The Balaban J connectivity index is 2.36. The molecule has 0 radical (unpaired) electrons. The summed E-state index contributed by atoms with van der Waals surface area (Å²) in [6, 6.07) is 10.3. The highest BCUT2D eigenvalue weighted by atomic mass is 16.6. The quantitative estimate of drug-likeness (QED) is 0.519. The molecule has 1 aromatic heterocycles. The zero-order valence-corrected chi connectivity index (χ0v) is 12.7. The molecule has 0 aliphatic rings. The summed E-state index contributed by atoms with van der Waals surface area (Å²) >= 11 is 0. The lowest BCUT2D eigenvalue weighted by Gasteiger charge is -2.14. The monoisotopic (exact) mass is 316 g/mol. The van der Waals surface area contributed by atoms with Crippen LogP contribution in [-0.4, -0.2) is 15.9 Å². The van der Waals surface area contributed by atoms with E-state index in [2.05, 4.69) is 4.98 Å². The smallest absolute Gasteiger partial charge is 0.376 e. The van der Waals surface area contributed by atoms with Crippen LogP contribution in [0.5, 0.6) is 5.75 Å². The van der Waals surface area contributed by atoms with E-state index in [0.29, 0.717) is 12.1 Å². The highest BCUT2D eigenvalue weighted by Gasteiger charge is 2.27. The SMILES string of the molecule is CCC(C(=O)Oc1cc(C)[nH]c(=O)c1[N+](=O)[O-])c1ccccc1. The van der Waals surface area contributed by atoms with Gasteiger partial charge in [0.25, 0.3) is 0 Å². The first-order valence-corrected chi connectivity index (χ1v) is 7.09. The number of nitrogens with zero attached hydrogens (tertiary/aromatic N) is 1. The number of aromatic amines is 1. The summed E-state index contributed by atoms with van der Waals surface area (Å²) in [6.45, 7) is 3.37. The topological polar surface area (TPSA) is 102 Å². The van der Waals surface area contributed by atoms with Gasteiger partial charge in [-0.3, -0.25) is 19.7 Å². The molecule has 0 spiro atoms. The molecular weight excluding hydrogens is 300 g/mol. The van der Waals surface area contributed by atoms with Gasteiger partial charge in [0.05, 0.1) is 10.8 Å². The number of pyridine rings is 1. The highest BCUT2D eigenvalue weighted by Crippen LogP contribution is 2.27. The lowest BCUT2D eigenvalue weighted by Crippen LogP contribution is -2.21. The van der Waals surface area contributed by atoms with Crippen molar-refractivity contribution in [2.24, 2.45) is 0 Å². The minimum atomic E-state index is -0.898. The van der Waals surface area contributed by atoms with Crippen LogP contribution in [0.4, 0.5) is 5.69 Å². The number of H-pyrrole nitrogens is 1. The van der Waals surface area contributed by atoms with E-state index < -0.39 is 28.1 Å². The van der Waals surface area contributed by atoms with Gasteiger partial charge in [-0.2, -0.15) is 0 Å². The zero-order valence-electron chi connectivity index (χ0n) is 12.7. The maximum absolute atomic E-state index is 12.4. The van der Waals surface area contributed by atoms with Crippen LogP contribution >= 0.6 is 0 Å². The third-order valence-corrected chi connectivity index (χ3v) is 3.39. The number of rotatable bonds is 5. The lowest BCUT2D eigenvalue weighted by atomic mass is 9.97. The number of nitrogens with one attached hydrogen (secondary N) is 1. The van der Waals surface area contributed by atoms with Crippen molar-refractivity contribution in [1.82, 2.24) is 4.98 Å². The Bertz CT molecular complexity index is 783. The first kappa shape index (κ1) is 16.4. The molecule has 1 heterocycles. The molecule has 23 heavy (non-hydrogen) atoms. The predicted molar refractivity (Wildman–Crippen MR) is 83.6 cm³/mol. The summed E-state index contributed by atoms with van der Waals surface area (Å²) in [7, 11) is 0. The van der Waals surface area contributed by atoms with E-state index in [1.54, 1.807) is 31.2 Å². The molecular formula is C16H16N2O5. The Hall–Kier alpha value is -2.96. The summed E-state index contributed by atoms with van der Waals surface area (Å²) in [4.78, 5) is 36.6. The van der Waals surface area contributed by atoms with Crippen LogP contribution in [0.15, 0.2) is 41.2 Å². The summed E-state index contributed by atoms with van der Waals surface area (Å²) in [6.07, 6.45) is 0.471. The number of hydrogen-bond donors (Lipinski definition) is 1. The molecule has 2 aromatic rings. The van der Waals surface area contributed by atoms with Gasteiger partial charge in [0, 0.05) is 11.8 Å². The fraction of sp³-hybridized carbons (Fsp3) is 0.250. The average Bonchev–Trinajstić information content (AvgIpc) is 2.47. The number of hydrogen-bond acceptors (Lipinski definition) is 5. The molecule has 0 aliphatic carbocycles. The first-order valence-electron chi connectivity index (χ1n) is 7.09. The third kappa shape index (κ3) is 3.63. The second-order valence-electron chi connectivity index (χ2n) is 5.04. The minimum Gasteiger partial charge on any atom is -0.418 e. The van der Waals surface area contributed by atoms with E-state index in [4.69, 9.17) is 4.74 Å². The van der Waals surface area contributed by atoms with E-state index in [1.165, 1.54) is 6.07 Å². The van der Waals surface area contributed by atoms with Crippen LogP contribution < -0.4 is 10.3 Å². The number of aryl methyl sites for hydroxylation is 1. The van der Waals surface area contributed by atoms with Gasteiger partial charge in [0.2, 0.25) is 5.75 Å². The highest BCUT2D eigenvalue weighted by molar-refractivity contribution is 5.81. The molecule has 0 aliphatic heterocycles. The Labute approximate surface area is 132 Å². The van der Waals surface area contributed by atoms with Gasteiger partial charge in [0.15, 0.2) is 0 Å². The maximum atomic E-state index is 12.4. The van der Waals surface area contributed by atoms with Crippen LogP contribution in [0.1, 0.15) is 30.5 Å². The van der Waals surface area contributed by atoms with E-state index in [-0.39, 0.29) is 5.75 Å². The molecule has 7 nitrogen and oxygen atoms in total. The van der Waals surface area contributed by atoms with Gasteiger partial charge in [-0.15, -0.1) is 0 Å². The Kier molecular flexibility index (Phi) is 4.90. The molecule has 1 N–H and O–H groups in total. The van der Waals surface area contributed by atoms with Crippen LogP contribution in [0.3, 0.4) is 0 Å². The first-order chi connectivity index (χ1) is 10.9. The van der Waals surface area contributed by atoms with Crippen molar-refractivity contribution in [1.29, 1.82) is 0 Å². The van der Waals surface area contributed by atoms with Gasteiger partial charge in [-0.1, -0.05) is 37.3 Å². The van der Waals surface area contributed by atoms with E-state index >= 15 is 0 Å². The molecule has 7 heteroatoms. The average molecular weight is 316 g/mol.